The molecule has 30 heavy (non-hydrogen) atoms. The van der Waals surface area contributed by atoms with E-state index in [1.807, 2.05) is 48.7 Å². The first kappa shape index (κ1) is 19.3. The molecule has 5 nitrogen and oxygen atoms in total. The van der Waals surface area contributed by atoms with Crippen LogP contribution >= 0.6 is 0 Å². The highest BCUT2D eigenvalue weighted by Gasteiger charge is 2.14. The molecule has 148 valence electrons. The molecule has 0 aliphatic rings. The summed E-state index contributed by atoms with van der Waals surface area (Å²) in [6.45, 7) is 2.15. The quantitative estimate of drug-likeness (QED) is 0.337. The molecule has 0 spiro atoms. The van der Waals surface area contributed by atoms with Gasteiger partial charge in [-0.25, -0.2) is 9.78 Å². The number of hydrogen-bond acceptors (Lipinski definition) is 3. The number of carboxylic acids is 1. The summed E-state index contributed by atoms with van der Waals surface area (Å²) in [4.78, 5) is 15.3. The number of carboxylic acid groups (broad SMARTS) is 1. The van der Waals surface area contributed by atoms with Crippen molar-refractivity contribution in [3.8, 4) is 0 Å². The van der Waals surface area contributed by atoms with Gasteiger partial charge in [-0.1, -0.05) is 61.5 Å². The number of pyridine rings is 1. The normalized spacial score (nSPS) is 12.3. The number of benzene rings is 2. The number of nitrogens with zero attached hydrogens (tertiary/aromatic N) is 2. The van der Waals surface area contributed by atoms with Crippen molar-refractivity contribution in [2.24, 2.45) is 0 Å². The van der Waals surface area contributed by atoms with E-state index >= 15 is 0 Å². The Bertz CT molecular complexity index is 1240. The summed E-state index contributed by atoms with van der Waals surface area (Å²) in [6.07, 6.45) is 7.23. The van der Waals surface area contributed by atoms with Crippen molar-refractivity contribution in [3.63, 3.8) is 0 Å². The maximum atomic E-state index is 10.8. The summed E-state index contributed by atoms with van der Waals surface area (Å²) in [5.41, 5.74) is 7.14. The van der Waals surface area contributed by atoms with Gasteiger partial charge in [0, 0.05) is 23.2 Å². The lowest BCUT2D eigenvalue weighted by Gasteiger charge is -2.16. The monoisotopic (exact) mass is 395 g/mol. The number of allylic oxidation sites excluding steroid dienone is 1. The van der Waals surface area contributed by atoms with E-state index in [0.29, 0.717) is 0 Å². The number of carbonyl (C=O) groups is 1. The molecule has 0 bridgehead atoms. The van der Waals surface area contributed by atoms with E-state index in [9.17, 15) is 4.79 Å². The first-order chi connectivity index (χ1) is 14.7. The lowest BCUT2D eigenvalue weighted by Crippen LogP contribution is -1.96. The standard InChI is InChI=1S/C25H21N3O2/c1-2-22(18-6-4-3-5-7-18)24(20-14-21-16-27-28-25(21)26-15-20)19-11-8-17(9-12-19)10-13-23(29)30/h3-16H,2H2,1H3,(H,29,30)(H,26,27,28)/b13-10+,24-22+. The molecule has 0 saturated heterocycles. The van der Waals surface area contributed by atoms with E-state index in [1.54, 1.807) is 12.3 Å². The fourth-order valence-corrected chi connectivity index (χ4v) is 3.58. The van der Waals surface area contributed by atoms with Crippen molar-refractivity contribution >= 4 is 34.2 Å². The van der Waals surface area contributed by atoms with Gasteiger partial charge in [-0.3, -0.25) is 5.10 Å². The summed E-state index contributed by atoms with van der Waals surface area (Å²) in [6, 6.07) is 20.3. The number of H-pyrrole nitrogens is 1. The molecular formula is C25H21N3O2. The highest BCUT2D eigenvalue weighted by molar-refractivity contribution is 6.00. The molecule has 0 unspecified atom stereocenters. The van der Waals surface area contributed by atoms with Gasteiger partial charge in [0.25, 0.3) is 0 Å². The molecule has 0 radical (unpaired) electrons. The summed E-state index contributed by atoms with van der Waals surface area (Å²) < 4.78 is 0. The zero-order valence-corrected chi connectivity index (χ0v) is 16.5. The Morgan fingerprint density at radius 3 is 2.47 bits per heavy atom. The Hall–Kier alpha value is -3.99. The minimum absolute atomic E-state index is 0.755. The molecule has 2 heterocycles. The minimum atomic E-state index is -0.962. The summed E-state index contributed by atoms with van der Waals surface area (Å²) in [7, 11) is 0. The van der Waals surface area contributed by atoms with Crippen LogP contribution in [0.1, 0.15) is 35.6 Å². The second-order valence-corrected chi connectivity index (χ2v) is 6.90. The summed E-state index contributed by atoms with van der Waals surface area (Å²) in [5.74, 6) is -0.962. The highest BCUT2D eigenvalue weighted by atomic mass is 16.4. The summed E-state index contributed by atoms with van der Waals surface area (Å²) >= 11 is 0. The van der Waals surface area contributed by atoms with Crippen LogP contribution in [0.2, 0.25) is 0 Å². The number of aliphatic carboxylic acids is 1. The second-order valence-electron chi connectivity index (χ2n) is 6.90. The van der Waals surface area contributed by atoms with Crippen molar-refractivity contribution in [1.82, 2.24) is 15.2 Å². The maximum absolute atomic E-state index is 10.8. The van der Waals surface area contributed by atoms with Crippen molar-refractivity contribution < 1.29 is 9.90 Å². The number of fused-ring (bicyclic) bond motifs is 1. The Labute approximate surface area is 174 Å². The smallest absolute Gasteiger partial charge is 0.328 e. The molecule has 2 N–H and O–H groups in total. The average molecular weight is 395 g/mol. The number of nitrogens with one attached hydrogen (secondary N) is 1. The lowest BCUT2D eigenvalue weighted by atomic mass is 9.88. The number of rotatable bonds is 6. The molecule has 0 atom stereocenters. The Kier molecular flexibility index (Phi) is 5.52. The largest absolute Gasteiger partial charge is 0.478 e. The Balaban J connectivity index is 1.89. The van der Waals surface area contributed by atoms with Gasteiger partial charge in [0.05, 0.1) is 6.20 Å². The Morgan fingerprint density at radius 1 is 1.00 bits per heavy atom. The van der Waals surface area contributed by atoms with Gasteiger partial charge in [0.2, 0.25) is 0 Å². The van der Waals surface area contributed by atoms with Crippen LogP contribution in [0.3, 0.4) is 0 Å². The first-order valence-electron chi connectivity index (χ1n) is 9.75. The van der Waals surface area contributed by atoms with Gasteiger partial charge in [-0.15, -0.1) is 0 Å². The molecule has 2 aromatic heterocycles. The fraction of sp³-hybridized carbons (Fsp3) is 0.0800. The van der Waals surface area contributed by atoms with Crippen molar-refractivity contribution in [2.45, 2.75) is 13.3 Å². The van der Waals surface area contributed by atoms with Gasteiger partial charge >= 0.3 is 5.97 Å². The zero-order valence-electron chi connectivity index (χ0n) is 16.5. The third-order valence-corrected chi connectivity index (χ3v) is 4.98. The van der Waals surface area contributed by atoms with Crippen LogP contribution in [0, 0.1) is 0 Å². The van der Waals surface area contributed by atoms with Crippen LogP contribution < -0.4 is 0 Å². The number of aromatic amines is 1. The molecule has 0 saturated carbocycles. The number of aromatic nitrogens is 3. The van der Waals surface area contributed by atoms with Crippen LogP contribution in [-0.2, 0) is 4.79 Å². The second kappa shape index (κ2) is 8.57. The fourth-order valence-electron chi connectivity index (χ4n) is 3.58. The van der Waals surface area contributed by atoms with Gasteiger partial charge in [-0.2, -0.15) is 5.10 Å². The van der Waals surface area contributed by atoms with E-state index in [2.05, 4.69) is 40.3 Å². The SMILES string of the molecule is CC/C(=C(/c1ccc(/C=C/C(=O)O)cc1)c1cnc2[nH]ncc2c1)c1ccccc1. The van der Waals surface area contributed by atoms with Crippen LogP contribution in [0.5, 0.6) is 0 Å². The molecule has 2 aromatic carbocycles. The number of hydrogen-bond donors (Lipinski definition) is 2. The average Bonchev–Trinajstić information content (AvgIpc) is 3.25. The van der Waals surface area contributed by atoms with E-state index in [0.717, 1.165) is 51.4 Å². The van der Waals surface area contributed by atoms with Crippen LogP contribution in [0.15, 0.2) is 79.1 Å². The molecule has 0 fully saturated rings. The van der Waals surface area contributed by atoms with Crippen LogP contribution in [0.4, 0.5) is 0 Å². The zero-order chi connectivity index (χ0) is 20.9. The van der Waals surface area contributed by atoms with E-state index in [4.69, 9.17) is 5.11 Å². The molecule has 0 aliphatic heterocycles. The molecule has 4 rings (SSSR count). The van der Waals surface area contributed by atoms with Crippen LogP contribution in [0.25, 0.3) is 28.3 Å². The molecule has 5 heteroatoms. The predicted octanol–water partition coefficient (Wildman–Crippen LogP) is 5.42. The summed E-state index contributed by atoms with van der Waals surface area (Å²) in [5, 5.41) is 16.8. The highest BCUT2D eigenvalue weighted by Crippen LogP contribution is 2.35. The van der Waals surface area contributed by atoms with Gasteiger partial charge in [-0.05, 0) is 46.4 Å². The molecule has 4 aromatic rings. The van der Waals surface area contributed by atoms with Crippen molar-refractivity contribution in [2.75, 3.05) is 0 Å². The van der Waals surface area contributed by atoms with E-state index in [1.165, 1.54) is 5.57 Å². The molecule has 0 amide bonds. The van der Waals surface area contributed by atoms with Gasteiger partial charge in [0.1, 0.15) is 0 Å². The topological polar surface area (TPSA) is 78.9 Å². The van der Waals surface area contributed by atoms with Gasteiger partial charge < -0.3 is 5.11 Å². The van der Waals surface area contributed by atoms with Crippen LogP contribution in [-0.4, -0.2) is 26.3 Å². The molecular weight excluding hydrogens is 374 g/mol. The predicted molar refractivity (Wildman–Crippen MR) is 120 cm³/mol. The van der Waals surface area contributed by atoms with Crippen molar-refractivity contribution in [1.29, 1.82) is 0 Å². The minimum Gasteiger partial charge on any atom is -0.478 e. The van der Waals surface area contributed by atoms with Gasteiger partial charge in [0.15, 0.2) is 5.65 Å². The van der Waals surface area contributed by atoms with E-state index < -0.39 is 5.97 Å². The third-order valence-electron chi connectivity index (χ3n) is 4.98. The lowest BCUT2D eigenvalue weighted by molar-refractivity contribution is -0.131. The molecule has 0 aliphatic carbocycles. The Morgan fingerprint density at radius 2 is 1.77 bits per heavy atom. The third kappa shape index (κ3) is 4.05. The first-order valence-corrected chi connectivity index (χ1v) is 9.75. The van der Waals surface area contributed by atoms with E-state index in [-0.39, 0.29) is 0 Å². The van der Waals surface area contributed by atoms with Crippen molar-refractivity contribution in [3.05, 3.63) is 101 Å². The maximum Gasteiger partial charge on any atom is 0.328 e.